The summed E-state index contributed by atoms with van der Waals surface area (Å²) in [5.41, 5.74) is 0. The molecule has 0 aromatic rings. The maximum atomic E-state index is 11.9. The Bertz CT molecular complexity index is 335. The first-order valence-electron chi connectivity index (χ1n) is 6.49. The molecule has 1 aliphatic heterocycles. The van der Waals surface area contributed by atoms with Gasteiger partial charge in [-0.3, -0.25) is 0 Å². The lowest BCUT2D eigenvalue weighted by molar-refractivity contribution is 0.368. The second kappa shape index (κ2) is 5.65. The van der Waals surface area contributed by atoms with Gasteiger partial charge < -0.3 is 5.32 Å². The van der Waals surface area contributed by atoms with E-state index in [2.05, 4.69) is 10.0 Å². The molecule has 0 spiro atoms. The molecule has 1 unspecified atom stereocenters. The average Bonchev–Trinajstić information content (AvgIpc) is 3.12. The summed E-state index contributed by atoms with van der Waals surface area (Å²) in [5.74, 6) is 1.03. The third-order valence-electron chi connectivity index (χ3n) is 3.58. The van der Waals surface area contributed by atoms with Crippen LogP contribution in [-0.4, -0.2) is 45.9 Å². The summed E-state index contributed by atoms with van der Waals surface area (Å²) < 4.78 is 28.0. The molecular weight excluding hydrogens is 238 g/mol. The van der Waals surface area contributed by atoms with Crippen LogP contribution in [0.1, 0.15) is 25.7 Å². The van der Waals surface area contributed by atoms with Crippen molar-refractivity contribution in [1.82, 2.24) is 14.3 Å². The minimum absolute atomic E-state index is 0.438. The molecule has 0 aromatic heterocycles. The van der Waals surface area contributed by atoms with E-state index in [1.54, 1.807) is 7.05 Å². The van der Waals surface area contributed by atoms with E-state index in [0.29, 0.717) is 24.9 Å². The van der Waals surface area contributed by atoms with Gasteiger partial charge in [-0.2, -0.15) is 12.7 Å². The third kappa shape index (κ3) is 4.21. The van der Waals surface area contributed by atoms with E-state index >= 15 is 0 Å². The van der Waals surface area contributed by atoms with Gasteiger partial charge >= 0.3 is 0 Å². The fourth-order valence-corrected chi connectivity index (χ4v) is 3.27. The van der Waals surface area contributed by atoms with Crippen LogP contribution in [0.15, 0.2) is 0 Å². The smallest absolute Gasteiger partial charge is 0.279 e. The van der Waals surface area contributed by atoms with E-state index in [1.165, 1.54) is 17.1 Å². The van der Waals surface area contributed by atoms with Gasteiger partial charge in [-0.25, -0.2) is 4.72 Å². The molecule has 1 heterocycles. The van der Waals surface area contributed by atoms with Crippen LogP contribution in [0.3, 0.4) is 0 Å². The number of nitrogens with zero attached hydrogens (tertiary/aromatic N) is 1. The molecule has 2 N–H and O–H groups in total. The number of hydrogen-bond acceptors (Lipinski definition) is 3. The quantitative estimate of drug-likeness (QED) is 0.716. The first-order valence-corrected chi connectivity index (χ1v) is 7.93. The second-order valence-corrected chi connectivity index (χ2v) is 7.15. The van der Waals surface area contributed by atoms with E-state index in [4.69, 9.17) is 0 Å². The molecule has 2 rings (SSSR count). The highest BCUT2D eigenvalue weighted by atomic mass is 32.2. The Morgan fingerprint density at radius 1 is 1.29 bits per heavy atom. The minimum Gasteiger partial charge on any atom is -0.316 e. The molecule has 0 bridgehead atoms. The Labute approximate surface area is 104 Å². The van der Waals surface area contributed by atoms with Crippen molar-refractivity contribution in [3.63, 3.8) is 0 Å². The monoisotopic (exact) mass is 261 g/mol. The predicted octanol–water partition coefficient (Wildman–Crippen LogP) is 0.162. The van der Waals surface area contributed by atoms with Gasteiger partial charge in [0.15, 0.2) is 0 Å². The Morgan fingerprint density at radius 3 is 2.65 bits per heavy atom. The summed E-state index contributed by atoms with van der Waals surface area (Å²) in [5, 5.41) is 3.29. The molecular formula is C11H23N3O2S. The maximum Gasteiger partial charge on any atom is 0.279 e. The highest BCUT2D eigenvalue weighted by Crippen LogP contribution is 2.29. The maximum absolute atomic E-state index is 11.9. The molecule has 0 radical (unpaired) electrons. The van der Waals surface area contributed by atoms with Gasteiger partial charge in [0.25, 0.3) is 10.2 Å². The number of rotatable bonds is 6. The number of piperidine rings is 1. The van der Waals surface area contributed by atoms with Crippen molar-refractivity contribution in [3.8, 4) is 0 Å². The summed E-state index contributed by atoms with van der Waals surface area (Å²) in [6.07, 6.45) is 4.60. The standard InChI is InChI=1S/C11H23N3O2S/c1-14(9-10-4-5-10)17(15,16)13-8-11-3-2-6-12-7-11/h10-13H,2-9H2,1H3. The molecule has 6 heteroatoms. The Morgan fingerprint density at radius 2 is 2.06 bits per heavy atom. The lowest BCUT2D eigenvalue weighted by atomic mass is 10.0. The molecule has 0 aromatic carbocycles. The third-order valence-corrected chi connectivity index (χ3v) is 5.08. The van der Waals surface area contributed by atoms with Crippen molar-refractivity contribution < 1.29 is 8.42 Å². The molecule has 1 saturated heterocycles. The number of nitrogens with one attached hydrogen (secondary N) is 2. The van der Waals surface area contributed by atoms with Gasteiger partial charge in [-0.05, 0) is 50.6 Å². The van der Waals surface area contributed by atoms with Crippen LogP contribution in [0.5, 0.6) is 0 Å². The van der Waals surface area contributed by atoms with E-state index < -0.39 is 10.2 Å². The van der Waals surface area contributed by atoms with Gasteiger partial charge in [-0.1, -0.05) is 0 Å². The summed E-state index contributed by atoms with van der Waals surface area (Å²) in [7, 11) is -1.59. The van der Waals surface area contributed by atoms with E-state index in [-0.39, 0.29) is 0 Å². The van der Waals surface area contributed by atoms with Gasteiger partial charge in [0.1, 0.15) is 0 Å². The molecule has 100 valence electrons. The zero-order valence-corrected chi connectivity index (χ0v) is 11.3. The average molecular weight is 261 g/mol. The molecule has 2 fully saturated rings. The zero-order valence-electron chi connectivity index (χ0n) is 10.5. The molecule has 2 aliphatic rings. The molecule has 17 heavy (non-hydrogen) atoms. The van der Waals surface area contributed by atoms with Crippen molar-refractivity contribution in [2.24, 2.45) is 11.8 Å². The van der Waals surface area contributed by atoms with Crippen molar-refractivity contribution in [1.29, 1.82) is 0 Å². The van der Waals surface area contributed by atoms with Gasteiger partial charge in [-0.15, -0.1) is 0 Å². The first kappa shape index (κ1) is 13.3. The SMILES string of the molecule is CN(CC1CC1)S(=O)(=O)NCC1CCCNC1. The van der Waals surface area contributed by atoms with Crippen LogP contribution >= 0.6 is 0 Å². The fourth-order valence-electron chi connectivity index (χ4n) is 2.19. The van der Waals surface area contributed by atoms with Crippen molar-refractivity contribution >= 4 is 10.2 Å². The van der Waals surface area contributed by atoms with Crippen LogP contribution in [0, 0.1) is 11.8 Å². The van der Waals surface area contributed by atoms with Gasteiger partial charge in [0.05, 0.1) is 0 Å². The van der Waals surface area contributed by atoms with Gasteiger partial charge in [0, 0.05) is 20.1 Å². The fraction of sp³-hybridized carbons (Fsp3) is 1.00. The van der Waals surface area contributed by atoms with Crippen molar-refractivity contribution in [3.05, 3.63) is 0 Å². The van der Waals surface area contributed by atoms with Crippen LogP contribution < -0.4 is 10.0 Å². The molecule has 1 saturated carbocycles. The van der Waals surface area contributed by atoms with Crippen molar-refractivity contribution in [2.45, 2.75) is 25.7 Å². The largest absolute Gasteiger partial charge is 0.316 e. The van der Waals surface area contributed by atoms with Crippen LogP contribution in [0.25, 0.3) is 0 Å². The van der Waals surface area contributed by atoms with Crippen LogP contribution in [-0.2, 0) is 10.2 Å². The first-order chi connectivity index (χ1) is 8.08. The molecule has 1 aliphatic carbocycles. The Kier molecular flexibility index (Phi) is 4.41. The molecule has 1 atom stereocenters. The van der Waals surface area contributed by atoms with Crippen LogP contribution in [0.4, 0.5) is 0 Å². The highest BCUT2D eigenvalue weighted by Gasteiger charge is 2.28. The Hall–Kier alpha value is -0.170. The van der Waals surface area contributed by atoms with Crippen molar-refractivity contribution in [2.75, 3.05) is 33.2 Å². The topological polar surface area (TPSA) is 61.4 Å². The predicted molar refractivity (Wildman–Crippen MR) is 67.9 cm³/mol. The summed E-state index contributed by atoms with van der Waals surface area (Å²) in [4.78, 5) is 0. The van der Waals surface area contributed by atoms with Gasteiger partial charge in [0.2, 0.25) is 0 Å². The normalized spacial score (nSPS) is 26.4. The molecule has 5 nitrogen and oxygen atoms in total. The summed E-state index contributed by atoms with van der Waals surface area (Å²) in [6, 6.07) is 0. The van der Waals surface area contributed by atoms with E-state index in [0.717, 1.165) is 25.9 Å². The minimum atomic E-state index is -3.26. The lowest BCUT2D eigenvalue weighted by Gasteiger charge is -2.24. The number of hydrogen-bond donors (Lipinski definition) is 2. The van der Waals surface area contributed by atoms with E-state index in [9.17, 15) is 8.42 Å². The van der Waals surface area contributed by atoms with Crippen LogP contribution in [0.2, 0.25) is 0 Å². The van der Waals surface area contributed by atoms with E-state index in [1.807, 2.05) is 0 Å². The lowest BCUT2D eigenvalue weighted by Crippen LogP contribution is -2.43. The molecule has 0 amide bonds. The summed E-state index contributed by atoms with van der Waals surface area (Å²) >= 11 is 0. The zero-order chi connectivity index (χ0) is 12.3. The summed E-state index contributed by atoms with van der Waals surface area (Å²) in [6.45, 7) is 3.21. The Balaban J connectivity index is 1.75. The highest BCUT2D eigenvalue weighted by molar-refractivity contribution is 7.87. The second-order valence-electron chi connectivity index (χ2n) is 5.29.